The zero-order valence-electron chi connectivity index (χ0n) is 79.1. The number of fused-ring (bicyclic) bond motifs is 21. The zero-order chi connectivity index (χ0) is 96.9. The van der Waals surface area contributed by atoms with Gasteiger partial charge in [-0.25, -0.2) is 29.9 Å². The number of hydrogen-bond donors (Lipinski definition) is 0. The number of pyridine rings is 6. The van der Waals surface area contributed by atoms with Gasteiger partial charge in [0.25, 0.3) is 0 Å². The Balaban J connectivity index is 0.000000107. The number of thiophene rings is 2. The maximum atomic E-state index is 6.50. The molecule has 13 nitrogen and oxygen atoms in total. The van der Waals surface area contributed by atoms with Crippen molar-refractivity contribution in [2.24, 2.45) is 0 Å². The highest BCUT2D eigenvalue weighted by molar-refractivity contribution is 7.26. The molecule has 12 heterocycles. The molecule has 0 saturated heterocycles. The van der Waals surface area contributed by atoms with Crippen LogP contribution in [-0.2, 0) is 0 Å². The highest BCUT2D eigenvalue weighted by Crippen LogP contribution is 2.51. The van der Waals surface area contributed by atoms with Crippen LogP contribution < -0.4 is 14.7 Å². The average molecular weight is 1920 g/mol. The minimum Gasteiger partial charge on any atom is -0.454 e. The highest BCUT2D eigenvalue weighted by atomic mass is 32.1. The number of furan rings is 1. The first-order valence-corrected chi connectivity index (χ1v) is 50.9. The van der Waals surface area contributed by atoms with Crippen molar-refractivity contribution >= 4 is 235 Å². The number of rotatable bonds is 15. The molecular weight excluding hydrogens is 1830 g/mol. The molecule has 30 aromatic rings. The standard InChI is InChI=1S/C44H28N4O.2C44H28N4S/c2*1-2-12-31(13-3-1)47(39-20-9-18-37-35-15-5-7-21-40(35)49-43(37)39)32-25-22-29(23-26-32)33-16-8-17-36-34-14-4-6-19-38(34)48(42(33)36)41-27-24-30-11-10-28-45-44(30)46-41;1-2-11-31(12-3-1)47(33-24-25-41-38(28-33)36-14-5-7-18-40(36)49-41)32-22-19-29(20-23-32)34-15-8-16-37-35-13-4-6-17-39(35)48(43(34)37)42-26-21-30-10-9-27-45-44(30)46-42/h3*1-28H. The van der Waals surface area contributed by atoms with Crippen LogP contribution in [0.25, 0.3) is 212 Å². The molecule has 18 aromatic carbocycles. The van der Waals surface area contributed by atoms with Crippen LogP contribution in [-0.4, -0.2) is 43.6 Å². The van der Waals surface area contributed by atoms with Gasteiger partial charge in [-0.05, 0) is 229 Å². The number of hydrogen-bond acceptors (Lipinski definition) is 12. The van der Waals surface area contributed by atoms with E-state index in [2.05, 4.69) is 492 Å². The number of aromatic nitrogens is 9. The summed E-state index contributed by atoms with van der Waals surface area (Å²) in [5, 5.41) is 17.6. The van der Waals surface area contributed by atoms with Gasteiger partial charge < -0.3 is 19.1 Å². The SMILES string of the molecule is c1ccc(N(c2ccc(-c3cccc4c5ccccc5n(-c5ccc6cccnc6n5)c34)cc2)c2ccc3sc4ccccc4c3c2)cc1.c1ccc(N(c2ccc(-c3cccc4c5ccccc5n(-c5ccc6cccnc6n5)c34)cc2)c2cccc3c2oc2ccccc23)cc1.c1ccc(N(c2ccc(-c3cccc4c5ccccc5n(-c5ccc6cccnc6n5)c34)cc2)c2cccc3c2sc2ccccc23)cc1. The molecule has 147 heavy (non-hydrogen) atoms. The molecule has 690 valence electrons. The van der Waals surface area contributed by atoms with Gasteiger partial charge in [0, 0.05) is 170 Å². The lowest BCUT2D eigenvalue weighted by Gasteiger charge is -2.26. The summed E-state index contributed by atoms with van der Waals surface area (Å²) < 4.78 is 18.6. The van der Waals surface area contributed by atoms with Gasteiger partial charge in [0.15, 0.2) is 22.5 Å². The molecular formula is C132H84N12OS2. The molecule has 0 radical (unpaired) electrons. The molecule has 0 aliphatic carbocycles. The van der Waals surface area contributed by atoms with Crippen LogP contribution in [0.2, 0.25) is 0 Å². The first kappa shape index (κ1) is 85.6. The average Bonchev–Trinajstić information content (AvgIpc) is 1.57. The molecule has 0 spiro atoms. The highest BCUT2D eigenvalue weighted by Gasteiger charge is 2.27. The van der Waals surface area contributed by atoms with Gasteiger partial charge >= 0.3 is 0 Å². The van der Waals surface area contributed by atoms with Crippen LogP contribution in [0, 0.1) is 0 Å². The van der Waals surface area contributed by atoms with Crippen LogP contribution in [0.1, 0.15) is 0 Å². The van der Waals surface area contributed by atoms with Crippen molar-refractivity contribution < 1.29 is 4.42 Å². The summed E-state index contributed by atoms with van der Waals surface area (Å²) >= 11 is 3.70. The van der Waals surface area contributed by atoms with Gasteiger partial charge in [0.2, 0.25) is 0 Å². The number of para-hydroxylation sites is 11. The van der Waals surface area contributed by atoms with E-state index in [1.54, 1.807) is 18.6 Å². The first-order valence-electron chi connectivity index (χ1n) is 49.3. The summed E-state index contributed by atoms with van der Waals surface area (Å²) in [6, 6.07) is 174. The number of nitrogens with zero attached hydrogens (tertiary/aromatic N) is 12. The van der Waals surface area contributed by atoms with Crippen molar-refractivity contribution in [3.8, 4) is 50.8 Å². The quantitative estimate of drug-likeness (QED) is 0.0983. The Hall–Kier alpha value is -19.3. The number of anilines is 9. The molecule has 12 aromatic heterocycles. The third-order valence-electron chi connectivity index (χ3n) is 28.3. The second-order valence-corrected chi connectivity index (χ2v) is 38.9. The zero-order valence-corrected chi connectivity index (χ0v) is 80.7. The van der Waals surface area contributed by atoms with E-state index in [1.165, 1.54) is 78.3 Å². The van der Waals surface area contributed by atoms with E-state index in [1.807, 2.05) is 65.1 Å². The Morgan fingerprint density at radius 1 is 0.211 bits per heavy atom. The van der Waals surface area contributed by atoms with Gasteiger partial charge in [0.1, 0.15) is 23.0 Å². The molecule has 0 fully saturated rings. The molecule has 0 N–H and O–H groups in total. The van der Waals surface area contributed by atoms with Crippen LogP contribution in [0.3, 0.4) is 0 Å². The van der Waals surface area contributed by atoms with Crippen molar-refractivity contribution in [1.29, 1.82) is 0 Å². The maximum absolute atomic E-state index is 6.50. The maximum Gasteiger partial charge on any atom is 0.161 e. The third-order valence-corrected chi connectivity index (χ3v) is 30.7. The Kier molecular flexibility index (Phi) is 21.0. The van der Waals surface area contributed by atoms with Crippen molar-refractivity contribution in [2.45, 2.75) is 0 Å². The van der Waals surface area contributed by atoms with Gasteiger partial charge in [-0.15, -0.1) is 22.7 Å². The van der Waals surface area contributed by atoms with E-state index in [-0.39, 0.29) is 0 Å². The summed E-state index contributed by atoms with van der Waals surface area (Å²) in [6.07, 6.45) is 5.40. The van der Waals surface area contributed by atoms with Gasteiger partial charge in [-0.1, -0.05) is 279 Å². The summed E-state index contributed by atoms with van der Waals surface area (Å²) in [5.74, 6) is 2.55. The van der Waals surface area contributed by atoms with E-state index in [0.717, 1.165) is 184 Å². The minimum atomic E-state index is 0.730. The van der Waals surface area contributed by atoms with Gasteiger partial charge in [-0.3, -0.25) is 13.7 Å². The largest absolute Gasteiger partial charge is 0.454 e. The summed E-state index contributed by atoms with van der Waals surface area (Å²) in [7, 11) is 0. The Labute approximate surface area is 851 Å². The molecule has 0 bridgehead atoms. The van der Waals surface area contributed by atoms with E-state index < -0.39 is 0 Å². The second-order valence-electron chi connectivity index (χ2n) is 36.8. The van der Waals surface area contributed by atoms with Crippen LogP contribution in [0.5, 0.6) is 0 Å². The second kappa shape index (κ2) is 36.0. The normalized spacial score (nSPS) is 11.7. The monoisotopic (exact) mass is 1920 g/mol. The molecule has 30 rings (SSSR count). The molecule has 0 unspecified atom stereocenters. The molecule has 0 atom stereocenters. The smallest absolute Gasteiger partial charge is 0.161 e. The fourth-order valence-electron chi connectivity index (χ4n) is 21.7. The van der Waals surface area contributed by atoms with Crippen LogP contribution in [0.15, 0.2) is 514 Å². The van der Waals surface area contributed by atoms with Gasteiger partial charge in [0.05, 0.1) is 49.2 Å². The molecule has 15 heteroatoms. The first-order chi connectivity index (χ1) is 72.9. The molecule has 0 amide bonds. The molecule has 0 aliphatic rings. The van der Waals surface area contributed by atoms with E-state index in [9.17, 15) is 0 Å². The lowest BCUT2D eigenvalue weighted by molar-refractivity contribution is 0.669. The van der Waals surface area contributed by atoms with Crippen molar-refractivity contribution in [3.05, 3.63) is 510 Å². The molecule has 0 saturated carbocycles. The Morgan fingerprint density at radius 2 is 0.544 bits per heavy atom. The lowest BCUT2D eigenvalue weighted by Crippen LogP contribution is -2.10. The van der Waals surface area contributed by atoms with Crippen LogP contribution >= 0.6 is 22.7 Å². The number of benzene rings is 18. The summed E-state index contributed by atoms with van der Waals surface area (Å²) in [5.41, 5.74) is 27.4. The van der Waals surface area contributed by atoms with Gasteiger partial charge in [-0.2, -0.15) is 0 Å². The van der Waals surface area contributed by atoms with E-state index in [4.69, 9.17) is 19.4 Å². The van der Waals surface area contributed by atoms with Crippen molar-refractivity contribution in [3.63, 3.8) is 0 Å². The fraction of sp³-hybridized carbons (Fsp3) is 0. The summed E-state index contributed by atoms with van der Waals surface area (Å²) in [6.45, 7) is 0. The predicted molar refractivity (Wildman–Crippen MR) is 615 cm³/mol. The van der Waals surface area contributed by atoms with Crippen molar-refractivity contribution in [1.82, 2.24) is 43.6 Å². The minimum absolute atomic E-state index is 0.730. The Morgan fingerprint density at radius 3 is 1.01 bits per heavy atom. The molecule has 0 aliphatic heterocycles. The van der Waals surface area contributed by atoms with Crippen LogP contribution in [0.4, 0.5) is 51.2 Å². The predicted octanol–water partition coefficient (Wildman–Crippen LogP) is 36.2. The lowest BCUT2D eigenvalue weighted by atomic mass is 10.0. The third kappa shape index (κ3) is 14.9. The summed E-state index contributed by atoms with van der Waals surface area (Å²) in [4.78, 5) is 35.8. The van der Waals surface area contributed by atoms with E-state index in [0.29, 0.717) is 0 Å². The van der Waals surface area contributed by atoms with Crippen molar-refractivity contribution in [2.75, 3.05) is 14.7 Å². The Bertz CT molecular complexity index is 9960. The van der Waals surface area contributed by atoms with E-state index >= 15 is 0 Å². The topological polar surface area (TPSA) is 115 Å². The fourth-order valence-corrected chi connectivity index (χ4v) is 24.0.